The van der Waals surface area contributed by atoms with E-state index >= 15 is 0 Å². The summed E-state index contributed by atoms with van der Waals surface area (Å²) in [6, 6.07) is 4.91. The molecule has 1 N–H and O–H groups in total. The molecule has 1 heterocycles. The van der Waals surface area contributed by atoms with E-state index in [1.807, 2.05) is 0 Å². The second kappa shape index (κ2) is 3.48. The number of rotatable bonds is 2. The second-order valence-corrected chi connectivity index (χ2v) is 2.51. The van der Waals surface area contributed by atoms with Crippen LogP contribution in [-0.2, 0) is 5.33 Å². The molecule has 0 spiro atoms. The minimum Gasteiger partial charge on any atom is -0.477 e. The van der Waals surface area contributed by atoms with Gasteiger partial charge in [-0.2, -0.15) is 0 Å². The summed E-state index contributed by atoms with van der Waals surface area (Å²) in [6.45, 7) is 0. The number of carboxylic acids is 1. The SMILES string of the molecule is O=C(O)c1cccc(CBr)n1. The number of pyridine rings is 1. The van der Waals surface area contributed by atoms with Crippen LogP contribution in [-0.4, -0.2) is 16.1 Å². The Morgan fingerprint density at radius 3 is 2.91 bits per heavy atom. The maximum atomic E-state index is 10.4. The number of alkyl halides is 1. The summed E-state index contributed by atoms with van der Waals surface area (Å²) in [6.07, 6.45) is 0. The van der Waals surface area contributed by atoms with E-state index in [0.29, 0.717) is 5.33 Å². The third kappa shape index (κ3) is 2.01. The van der Waals surface area contributed by atoms with Crippen molar-refractivity contribution < 1.29 is 9.90 Å². The first-order chi connectivity index (χ1) is 5.24. The Labute approximate surface area is 72.2 Å². The maximum absolute atomic E-state index is 10.4. The fourth-order valence-corrected chi connectivity index (χ4v) is 0.985. The van der Waals surface area contributed by atoms with E-state index in [1.54, 1.807) is 12.1 Å². The zero-order valence-corrected chi connectivity index (χ0v) is 7.21. The van der Waals surface area contributed by atoms with Crippen LogP contribution in [0, 0.1) is 0 Å². The van der Waals surface area contributed by atoms with Crippen molar-refractivity contribution >= 4 is 21.9 Å². The first-order valence-electron chi connectivity index (χ1n) is 2.99. The average molecular weight is 216 g/mol. The molecule has 58 valence electrons. The monoisotopic (exact) mass is 215 g/mol. The molecular formula is C7H6BrNO2. The maximum Gasteiger partial charge on any atom is 0.354 e. The van der Waals surface area contributed by atoms with Crippen LogP contribution >= 0.6 is 15.9 Å². The summed E-state index contributed by atoms with van der Waals surface area (Å²) >= 11 is 3.19. The van der Waals surface area contributed by atoms with Crippen molar-refractivity contribution in [2.24, 2.45) is 0 Å². The molecule has 0 bridgehead atoms. The van der Waals surface area contributed by atoms with Gasteiger partial charge in [-0.3, -0.25) is 0 Å². The van der Waals surface area contributed by atoms with Crippen molar-refractivity contribution in [3.63, 3.8) is 0 Å². The van der Waals surface area contributed by atoms with E-state index in [9.17, 15) is 4.79 Å². The largest absolute Gasteiger partial charge is 0.477 e. The molecule has 0 amide bonds. The summed E-state index contributed by atoms with van der Waals surface area (Å²) in [7, 11) is 0. The molecule has 0 atom stereocenters. The Hall–Kier alpha value is -0.900. The van der Waals surface area contributed by atoms with Gasteiger partial charge in [0.05, 0.1) is 5.69 Å². The Bertz CT molecular complexity index is 275. The molecule has 1 rings (SSSR count). The number of hydrogen-bond acceptors (Lipinski definition) is 2. The van der Waals surface area contributed by atoms with Crippen LogP contribution in [0.5, 0.6) is 0 Å². The highest BCUT2D eigenvalue weighted by molar-refractivity contribution is 9.08. The van der Waals surface area contributed by atoms with Crippen molar-refractivity contribution in [3.05, 3.63) is 29.6 Å². The summed E-state index contributed by atoms with van der Waals surface area (Å²) in [5.41, 5.74) is 0.812. The zero-order chi connectivity index (χ0) is 8.27. The van der Waals surface area contributed by atoms with Crippen molar-refractivity contribution in [1.82, 2.24) is 4.98 Å². The fraction of sp³-hybridized carbons (Fsp3) is 0.143. The van der Waals surface area contributed by atoms with Crippen LogP contribution in [0.15, 0.2) is 18.2 Å². The van der Waals surface area contributed by atoms with E-state index < -0.39 is 5.97 Å². The lowest BCUT2D eigenvalue weighted by Gasteiger charge is -1.95. The molecule has 1 aromatic heterocycles. The average Bonchev–Trinajstić information content (AvgIpc) is 2.05. The predicted octanol–water partition coefficient (Wildman–Crippen LogP) is 1.67. The van der Waals surface area contributed by atoms with Gasteiger partial charge < -0.3 is 5.11 Å². The Kier molecular flexibility index (Phi) is 2.59. The molecule has 0 aliphatic rings. The smallest absolute Gasteiger partial charge is 0.354 e. The van der Waals surface area contributed by atoms with E-state index in [2.05, 4.69) is 20.9 Å². The molecule has 0 fully saturated rings. The van der Waals surface area contributed by atoms with Gasteiger partial charge in [-0.25, -0.2) is 9.78 Å². The number of carbonyl (C=O) groups is 1. The summed E-state index contributed by atoms with van der Waals surface area (Å²) in [5.74, 6) is -0.993. The molecule has 11 heavy (non-hydrogen) atoms. The topological polar surface area (TPSA) is 50.2 Å². The summed E-state index contributed by atoms with van der Waals surface area (Å²) in [5, 5.41) is 9.10. The minimum atomic E-state index is -0.993. The second-order valence-electron chi connectivity index (χ2n) is 1.95. The van der Waals surface area contributed by atoms with Gasteiger partial charge in [0.25, 0.3) is 0 Å². The van der Waals surface area contributed by atoms with E-state index in [0.717, 1.165) is 5.69 Å². The lowest BCUT2D eigenvalue weighted by Crippen LogP contribution is -2.01. The first kappa shape index (κ1) is 8.20. The summed E-state index contributed by atoms with van der Waals surface area (Å²) in [4.78, 5) is 14.2. The Morgan fingerprint density at radius 1 is 1.64 bits per heavy atom. The minimum absolute atomic E-state index is 0.0851. The number of carboxylic acid groups (broad SMARTS) is 1. The number of halogens is 1. The Balaban J connectivity index is 3.01. The van der Waals surface area contributed by atoms with Crippen LogP contribution in [0.1, 0.15) is 16.2 Å². The molecule has 0 aliphatic heterocycles. The van der Waals surface area contributed by atoms with Gasteiger partial charge in [0, 0.05) is 5.33 Å². The third-order valence-corrected chi connectivity index (χ3v) is 1.74. The molecule has 0 aliphatic carbocycles. The van der Waals surface area contributed by atoms with Crippen LogP contribution in [0.25, 0.3) is 0 Å². The normalized spacial score (nSPS) is 9.55. The highest BCUT2D eigenvalue weighted by Crippen LogP contribution is 2.03. The van der Waals surface area contributed by atoms with E-state index in [-0.39, 0.29) is 5.69 Å². The van der Waals surface area contributed by atoms with Gasteiger partial charge in [0.1, 0.15) is 5.69 Å². The van der Waals surface area contributed by atoms with Gasteiger partial charge in [0.2, 0.25) is 0 Å². The lowest BCUT2D eigenvalue weighted by atomic mass is 10.3. The molecule has 0 aromatic carbocycles. The zero-order valence-electron chi connectivity index (χ0n) is 5.62. The van der Waals surface area contributed by atoms with E-state index in [1.165, 1.54) is 6.07 Å². The van der Waals surface area contributed by atoms with Gasteiger partial charge >= 0.3 is 5.97 Å². The third-order valence-electron chi connectivity index (χ3n) is 1.16. The standard InChI is InChI=1S/C7H6BrNO2/c8-4-5-2-1-3-6(9-5)7(10)11/h1-3H,4H2,(H,10,11). The molecule has 3 nitrogen and oxygen atoms in total. The number of aromatic nitrogens is 1. The number of nitrogens with zero attached hydrogens (tertiary/aromatic N) is 1. The van der Waals surface area contributed by atoms with Crippen LogP contribution in [0.4, 0.5) is 0 Å². The van der Waals surface area contributed by atoms with E-state index in [4.69, 9.17) is 5.11 Å². The van der Waals surface area contributed by atoms with Crippen molar-refractivity contribution in [2.75, 3.05) is 0 Å². The van der Waals surface area contributed by atoms with Gasteiger partial charge in [0.15, 0.2) is 0 Å². The molecule has 1 aromatic rings. The highest BCUT2D eigenvalue weighted by atomic mass is 79.9. The molecule has 0 saturated carbocycles. The van der Waals surface area contributed by atoms with Gasteiger partial charge in [-0.05, 0) is 12.1 Å². The van der Waals surface area contributed by atoms with Crippen LogP contribution in [0.3, 0.4) is 0 Å². The first-order valence-corrected chi connectivity index (χ1v) is 4.11. The lowest BCUT2D eigenvalue weighted by molar-refractivity contribution is 0.0690. The highest BCUT2D eigenvalue weighted by Gasteiger charge is 2.03. The number of hydrogen-bond donors (Lipinski definition) is 1. The molecule has 0 saturated heterocycles. The van der Waals surface area contributed by atoms with Gasteiger partial charge in [-0.15, -0.1) is 0 Å². The van der Waals surface area contributed by atoms with Crippen molar-refractivity contribution in [3.8, 4) is 0 Å². The quantitative estimate of drug-likeness (QED) is 0.765. The molecule has 4 heteroatoms. The Morgan fingerprint density at radius 2 is 2.36 bits per heavy atom. The fourth-order valence-electron chi connectivity index (χ4n) is 0.673. The van der Waals surface area contributed by atoms with Gasteiger partial charge in [-0.1, -0.05) is 22.0 Å². The molecular weight excluding hydrogens is 210 g/mol. The molecule has 0 unspecified atom stereocenters. The van der Waals surface area contributed by atoms with Crippen molar-refractivity contribution in [1.29, 1.82) is 0 Å². The molecule has 0 radical (unpaired) electrons. The van der Waals surface area contributed by atoms with Crippen LogP contribution < -0.4 is 0 Å². The number of aromatic carboxylic acids is 1. The van der Waals surface area contributed by atoms with Crippen molar-refractivity contribution in [2.45, 2.75) is 5.33 Å². The summed E-state index contributed by atoms with van der Waals surface area (Å²) < 4.78 is 0. The predicted molar refractivity (Wildman–Crippen MR) is 43.8 cm³/mol. The van der Waals surface area contributed by atoms with Crippen LogP contribution in [0.2, 0.25) is 0 Å².